The Hall–Kier alpha value is -1.61. The van der Waals surface area contributed by atoms with Crippen LogP contribution >= 0.6 is 11.6 Å². The lowest BCUT2D eigenvalue weighted by molar-refractivity contribution is 0.686. The van der Waals surface area contributed by atoms with Gasteiger partial charge in [-0.25, -0.2) is 9.97 Å². The van der Waals surface area contributed by atoms with Crippen molar-refractivity contribution in [1.29, 1.82) is 0 Å². The molecule has 0 atom stereocenters. The molecule has 110 valence electrons. The number of hydrogen-bond donors (Lipinski definition) is 1. The molecular weight excluding hydrogens is 282 g/mol. The predicted molar refractivity (Wildman–Crippen MR) is 87.0 cm³/mol. The summed E-state index contributed by atoms with van der Waals surface area (Å²) in [5, 5.41) is 3.91. The van der Waals surface area contributed by atoms with E-state index < -0.39 is 0 Å². The van der Waals surface area contributed by atoms with Crippen molar-refractivity contribution < 1.29 is 0 Å². The van der Waals surface area contributed by atoms with Gasteiger partial charge in [-0.2, -0.15) is 0 Å². The molecule has 1 fully saturated rings. The van der Waals surface area contributed by atoms with E-state index in [0.29, 0.717) is 5.92 Å². The summed E-state index contributed by atoms with van der Waals surface area (Å²) in [4.78, 5) is 9.38. The van der Waals surface area contributed by atoms with Gasteiger partial charge in [0.1, 0.15) is 11.6 Å². The number of nitrogens with zero attached hydrogens (tertiary/aromatic N) is 2. The van der Waals surface area contributed by atoms with Crippen molar-refractivity contribution in [1.82, 2.24) is 9.97 Å². The molecule has 0 saturated heterocycles. The molecule has 1 aromatic heterocycles. The molecule has 0 bridgehead atoms. The highest BCUT2D eigenvalue weighted by molar-refractivity contribution is 6.30. The third-order valence-corrected chi connectivity index (χ3v) is 4.35. The molecule has 1 aliphatic rings. The van der Waals surface area contributed by atoms with Gasteiger partial charge in [0, 0.05) is 36.2 Å². The Bertz CT molecular complexity index is 604. The Kier molecular flexibility index (Phi) is 4.39. The Morgan fingerprint density at radius 2 is 1.86 bits per heavy atom. The number of rotatable bonds is 4. The molecule has 0 aliphatic heterocycles. The molecule has 1 saturated carbocycles. The maximum Gasteiger partial charge on any atom is 0.135 e. The first-order chi connectivity index (χ1) is 10.2. The van der Waals surface area contributed by atoms with Gasteiger partial charge < -0.3 is 5.32 Å². The molecule has 1 N–H and O–H groups in total. The van der Waals surface area contributed by atoms with E-state index in [-0.39, 0.29) is 0 Å². The first-order valence-corrected chi connectivity index (χ1v) is 7.92. The second kappa shape index (κ2) is 6.44. The SMILES string of the molecule is CNc1cc(C2CCCC2)nc(Cc2ccc(Cl)cc2)n1. The third kappa shape index (κ3) is 3.53. The molecular formula is C17H20ClN3. The van der Waals surface area contributed by atoms with Gasteiger partial charge in [-0.15, -0.1) is 0 Å². The van der Waals surface area contributed by atoms with Crippen molar-refractivity contribution in [3.8, 4) is 0 Å². The molecule has 1 aromatic carbocycles. The maximum atomic E-state index is 5.93. The van der Waals surface area contributed by atoms with Gasteiger partial charge in [0.2, 0.25) is 0 Å². The summed E-state index contributed by atoms with van der Waals surface area (Å²) in [5.41, 5.74) is 2.38. The predicted octanol–water partition coefficient (Wildman–Crippen LogP) is 4.42. The number of anilines is 1. The Labute approximate surface area is 130 Å². The van der Waals surface area contributed by atoms with E-state index in [1.807, 2.05) is 31.3 Å². The van der Waals surface area contributed by atoms with Crippen molar-refractivity contribution in [2.24, 2.45) is 0 Å². The van der Waals surface area contributed by atoms with E-state index in [0.717, 1.165) is 23.1 Å². The summed E-state index contributed by atoms with van der Waals surface area (Å²) in [6.45, 7) is 0. The molecule has 21 heavy (non-hydrogen) atoms. The van der Waals surface area contributed by atoms with E-state index in [4.69, 9.17) is 16.6 Å². The average molecular weight is 302 g/mol. The van der Waals surface area contributed by atoms with E-state index >= 15 is 0 Å². The average Bonchev–Trinajstić information content (AvgIpc) is 3.04. The highest BCUT2D eigenvalue weighted by atomic mass is 35.5. The molecule has 0 unspecified atom stereocenters. The fraction of sp³-hybridized carbons (Fsp3) is 0.412. The van der Waals surface area contributed by atoms with Gasteiger partial charge in [-0.1, -0.05) is 36.6 Å². The van der Waals surface area contributed by atoms with Crippen LogP contribution in [0.3, 0.4) is 0 Å². The number of benzene rings is 1. The van der Waals surface area contributed by atoms with Crippen molar-refractivity contribution in [2.45, 2.75) is 38.0 Å². The molecule has 2 aromatic rings. The van der Waals surface area contributed by atoms with E-state index in [1.165, 1.54) is 36.9 Å². The monoisotopic (exact) mass is 301 g/mol. The van der Waals surface area contributed by atoms with E-state index in [2.05, 4.69) is 16.4 Å². The molecule has 0 radical (unpaired) electrons. The lowest BCUT2D eigenvalue weighted by Gasteiger charge is -2.12. The van der Waals surface area contributed by atoms with Crippen molar-refractivity contribution in [2.75, 3.05) is 12.4 Å². The summed E-state index contributed by atoms with van der Waals surface area (Å²) in [6.07, 6.45) is 5.87. The summed E-state index contributed by atoms with van der Waals surface area (Å²) in [5.74, 6) is 2.39. The number of aromatic nitrogens is 2. The number of nitrogens with one attached hydrogen (secondary N) is 1. The zero-order valence-electron chi connectivity index (χ0n) is 12.3. The van der Waals surface area contributed by atoms with Gasteiger partial charge in [-0.3, -0.25) is 0 Å². The minimum Gasteiger partial charge on any atom is -0.373 e. The summed E-state index contributed by atoms with van der Waals surface area (Å²) >= 11 is 5.93. The Morgan fingerprint density at radius 1 is 1.14 bits per heavy atom. The van der Waals surface area contributed by atoms with Crippen LogP contribution in [-0.4, -0.2) is 17.0 Å². The quantitative estimate of drug-likeness (QED) is 0.908. The number of hydrogen-bond acceptors (Lipinski definition) is 3. The van der Waals surface area contributed by atoms with Crippen LogP contribution in [0.1, 0.15) is 48.7 Å². The molecule has 0 spiro atoms. The lowest BCUT2D eigenvalue weighted by Crippen LogP contribution is -2.06. The summed E-state index contributed by atoms with van der Waals surface area (Å²) in [6, 6.07) is 9.99. The second-order valence-corrected chi connectivity index (χ2v) is 6.07. The van der Waals surface area contributed by atoms with Crippen LogP contribution in [-0.2, 0) is 6.42 Å². The minimum absolute atomic E-state index is 0.601. The van der Waals surface area contributed by atoms with Crippen LogP contribution in [0.5, 0.6) is 0 Å². The van der Waals surface area contributed by atoms with Gasteiger partial charge in [0.15, 0.2) is 0 Å². The largest absolute Gasteiger partial charge is 0.373 e. The Morgan fingerprint density at radius 3 is 2.52 bits per heavy atom. The van der Waals surface area contributed by atoms with E-state index in [1.54, 1.807) is 0 Å². The first-order valence-electron chi connectivity index (χ1n) is 7.54. The second-order valence-electron chi connectivity index (χ2n) is 5.63. The molecule has 0 amide bonds. The zero-order chi connectivity index (χ0) is 14.7. The molecule has 3 nitrogen and oxygen atoms in total. The summed E-state index contributed by atoms with van der Waals surface area (Å²) in [7, 11) is 1.91. The standard InChI is InChI=1S/C17H20ClN3/c1-19-16-11-15(13-4-2-3-5-13)20-17(21-16)10-12-6-8-14(18)9-7-12/h6-9,11,13H,2-5,10H2,1H3,(H,19,20,21). The van der Waals surface area contributed by atoms with Crippen LogP contribution in [0.15, 0.2) is 30.3 Å². The van der Waals surface area contributed by atoms with Crippen LogP contribution < -0.4 is 5.32 Å². The molecule has 1 heterocycles. The zero-order valence-corrected chi connectivity index (χ0v) is 13.0. The topological polar surface area (TPSA) is 37.8 Å². The van der Waals surface area contributed by atoms with Crippen LogP contribution in [0.4, 0.5) is 5.82 Å². The van der Waals surface area contributed by atoms with Crippen molar-refractivity contribution in [3.63, 3.8) is 0 Å². The fourth-order valence-corrected chi connectivity index (χ4v) is 3.07. The van der Waals surface area contributed by atoms with Gasteiger partial charge >= 0.3 is 0 Å². The lowest BCUT2D eigenvalue weighted by atomic mass is 10.0. The molecule has 4 heteroatoms. The highest BCUT2D eigenvalue weighted by Gasteiger charge is 2.19. The normalized spacial score (nSPS) is 15.3. The Balaban J connectivity index is 1.86. The highest BCUT2D eigenvalue weighted by Crippen LogP contribution is 2.33. The third-order valence-electron chi connectivity index (χ3n) is 4.10. The van der Waals surface area contributed by atoms with Crippen LogP contribution in [0, 0.1) is 0 Å². The maximum absolute atomic E-state index is 5.93. The van der Waals surface area contributed by atoms with Gasteiger partial charge in [-0.05, 0) is 30.5 Å². The molecule has 3 rings (SSSR count). The smallest absolute Gasteiger partial charge is 0.135 e. The fourth-order valence-electron chi connectivity index (χ4n) is 2.94. The van der Waals surface area contributed by atoms with Crippen molar-refractivity contribution in [3.05, 3.63) is 52.4 Å². The molecule has 1 aliphatic carbocycles. The van der Waals surface area contributed by atoms with Gasteiger partial charge in [0.05, 0.1) is 0 Å². The minimum atomic E-state index is 0.601. The van der Waals surface area contributed by atoms with Crippen molar-refractivity contribution >= 4 is 17.4 Å². The van der Waals surface area contributed by atoms with Crippen LogP contribution in [0.2, 0.25) is 5.02 Å². The van der Waals surface area contributed by atoms with E-state index in [9.17, 15) is 0 Å². The first kappa shape index (κ1) is 14.3. The van der Waals surface area contributed by atoms with Gasteiger partial charge in [0.25, 0.3) is 0 Å². The summed E-state index contributed by atoms with van der Waals surface area (Å²) < 4.78 is 0. The number of halogens is 1. The van der Waals surface area contributed by atoms with Crippen LogP contribution in [0.25, 0.3) is 0 Å².